The van der Waals surface area contributed by atoms with Gasteiger partial charge >= 0.3 is 6.61 Å². The first kappa shape index (κ1) is 18.2. The molecule has 0 unspecified atom stereocenters. The molecule has 0 aliphatic carbocycles. The molecule has 1 amide bonds. The van der Waals surface area contributed by atoms with E-state index in [1.54, 1.807) is 11.8 Å². The lowest BCUT2D eigenvalue weighted by Gasteiger charge is -2.07. The number of alkyl halides is 2. The minimum absolute atomic E-state index is 0.0558. The van der Waals surface area contributed by atoms with Crippen LogP contribution in [0.15, 0.2) is 53.7 Å². The maximum atomic E-state index is 12.1. The van der Waals surface area contributed by atoms with Crippen molar-refractivity contribution in [2.45, 2.75) is 24.6 Å². The van der Waals surface area contributed by atoms with E-state index in [4.69, 9.17) is 0 Å². The average molecular weight is 377 g/mol. The molecular weight excluding hydrogens is 360 g/mol. The van der Waals surface area contributed by atoms with E-state index in [9.17, 15) is 13.6 Å². The number of aromatic nitrogens is 2. The van der Waals surface area contributed by atoms with E-state index < -0.39 is 6.61 Å². The number of rotatable bonds is 8. The minimum Gasteiger partial charge on any atom is -0.435 e. The molecule has 8 heteroatoms. The molecule has 26 heavy (non-hydrogen) atoms. The first-order valence-corrected chi connectivity index (χ1v) is 9.01. The van der Waals surface area contributed by atoms with E-state index in [1.165, 1.54) is 24.3 Å². The Hall–Kier alpha value is -2.61. The van der Waals surface area contributed by atoms with Gasteiger partial charge in [0.05, 0.1) is 11.0 Å². The molecule has 1 aromatic heterocycles. The number of para-hydroxylation sites is 2. The third kappa shape index (κ3) is 5.19. The number of benzene rings is 2. The van der Waals surface area contributed by atoms with Crippen LogP contribution in [0.3, 0.4) is 0 Å². The molecular formula is C18H17F2N3O2S. The zero-order chi connectivity index (χ0) is 18.4. The summed E-state index contributed by atoms with van der Waals surface area (Å²) in [6.45, 7) is -2.86. The second kappa shape index (κ2) is 8.66. The maximum Gasteiger partial charge on any atom is 0.387 e. The van der Waals surface area contributed by atoms with Gasteiger partial charge in [0.1, 0.15) is 5.75 Å². The molecule has 0 bridgehead atoms. The SMILES string of the molecule is O=C(CCCSc1nc2ccccc2[nH]1)Nc1ccc(OC(F)F)cc1. The van der Waals surface area contributed by atoms with E-state index in [1.807, 2.05) is 24.3 Å². The Morgan fingerprint density at radius 3 is 2.69 bits per heavy atom. The zero-order valence-corrected chi connectivity index (χ0v) is 14.6. The number of halogens is 2. The van der Waals surface area contributed by atoms with Crippen molar-refractivity contribution in [1.82, 2.24) is 9.97 Å². The van der Waals surface area contributed by atoms with Crippen LogP contribution in [0.1, 0.15) is 12.8 Å². The molecule has 0 fully saturated rings. The number of nitrogens with one attached hydrogen (secondary N) is 2. The van der Waals surface area contributed by atoms with Crippen molar-refractivity contribution in [3.8, 4) is 5.75 Å². The van der Waals surface area contributed by atoms with Crippen LogP contribution in [-0.2, 0) is 4.79 Å². The average Bonchev–Trinajstić information content (AvgIpc) is 3.03. The normalized spacial score (nSPS) is 11.0. The van der Waals surface area contributed by atoms with Gasteiger partial charge in [-0.3, -0.25) is 4.79 Å². The molecule has 3 rings (SSSR count). The summed E-state index contributed by atoms with van der Waals surface area (Å²) in [5.41, 5.74) is 2.46. The first-order chi connectivity index (χ1) is 12.6. The van der Waals surface area contributed by atoms with Crippen molar-refractivity contribution >= 4 is 34.4 Å². The number of imidazole rings is 1. The number of nitrogens with zero attached hydrogens (tertiary/aromatic N) is 1. The third-order valence-corrected chi connectivity index (χ3v) is 4.48. The number of fused-ring (bicyclic) bond motifs is 1. The Morgan fingerprint density at radius 2 is 1.96 bits per heavy atom. The summed E-state index contributed by atoms with van der Waals surface area (Å²) in [7, 11) is 0. The highest BCUT2D eigenvalue weighted by atomic mass is 32.2. The van der Waals surface area contributed by atoms with Gasteiger partial charge in [-0.05, 0) is 42.8 Å². The molecule has 0 aliphatic heterocycles. The quantitative estimate of drug-likeness (QED) is 0.442. The highest BCUT2D eigenvalue weighted by Crippen LogP contribution is 2.21. The van der Waals surface area contributed by atoms with Gasteiger partial charge in [-0.15, -0.1) is 0 Å². The van der Waals surface area contributed by atoms with Gasteiger partial charge in [-0.2, -0.15) is 8.78 Å². The summed E-state index contributed by atoms with van der Waals surface area (Å²) in [5.74, 6) is 0.687. The summed E-state index contributed by atoms with van der Waals surface area (Å²) in [6, 6.07) is 13.6. The van der Waals surface area contributed by atoms with E-state index in [0.717, 1.165) is 21.9 Å². The largest absolute Gasteiger partial charge is 0.435 e. The Balaban J connectivity index is 1.39. The number of anilines is 1. The van der Waals surface area contributed by atoms with E-state index in [0.29, 0.717) is 18.5 Å². The maximum absolute atomic E-state index is 12.1. The molecule has 3 aromatic rings. The van der Waals surface area contributed by atoms with E-state index in [2.05, 4.69) is 20.0 Å². The van der Waals surface area contributed by atoms with Crippen LogP contribution in [0.2, 0.25) is 0 Å². The Labute approximate surface area is 153 Å². The lowest BCUT2D eigenvalue weighted by atomic mass is 10.2. The number of hydrogen-bond acceptors (Lipinski definition) is 4. The van der Waals surface area contributed by atoms with E-state index in [-0.39, 0.29) is 11.7 Å². The molecule has 0 radical (unpaired) electrons. The summed E-state index contributed by atoms with van der Waals surface area (Å²) < 4.78 is 28.4. The zero-order valence-electron chi connectivity index (χ0n) is 13.7. The van der Waals surface area contributed by atoms with Gasteiger partial charge in [-0.1, -0.05) is 23.9 Å². The molecule has 136 valence electrons. The second-order valence-corrected chi connectivity index (χ2v) is 6.55. The van der Waals surface area contributed by atoms with Crippen LogP contribution >= 0.6 is 11.8 Å². The Kier molecular flexibility index (Phi) is 6.06. The van der Waals surface area contributed by atoms with Crippen molar-refractivity contribution in [2.75, 3.05) is 11.1 Å². The van der Waals surface area contributed by atoms with Gasteiger partial charge in [-0.25, -0.2) is 4.98 Å². The fraction of sp³-hybridized carbons (Fsp3) is 0.222. The monoisotopic (exact) mass is 377 g/mol. The number of carbonyl (C=O) groups is 1. The van der Waals surface area contributed by atoms with Crippen LogP contribution < -0.4 is 10.1 Å². The highest BCUT2D eigenvalue weighted by Gasteiger charge is 2.07. The Bertz CT molecular complexity index is 835. The molecule has 0 saturated carbocycles. The fourth-order valence-electron chi connectivity index (χ4n) is 2.34. The van der Waals surface area contributed by atoms with Crippen molar-refractivity contribution in [3.63, 3.8) is 0 Å². The van der Waals surface area contributed by atoms with Crippen molar-refractivity contribution in [1.29, 1.82) is 0 Å². The molecule has 2 aromatic carbocycles. The number of ether oxygens (including phenoxy) is 1. The smallest absolute Gasteiger partial charge is 0.387 e. The summed E-state index contributed by atoms with van der Waals surface area (Å²) in [5, 5.41) is 3.56. The standard InChI is InChI=1S/C18H17F2N3O2S/c19-17(20)25-13-9-7-12(8-10-13)21-16(24)6-3-11-26-18-22-14-4-1-2-5-15(14)23-18/h1-2,4-5,7-10,17H,3,6,11H2,(H,21,24)(H,22,23). The second-order valence-electron chi connectivity index (χ2n) is 5.46. The van der Waals surface area contributed by atoms with Crippen LogP contribution in [-0.4, -0.2) is 28.2 Å². The molecule has 0 aliphatic rings. The topological polar surface area (TPSA) is 67.0 Å². The summed E-state index contributed by atoms with van der Waals surface area (Å²) >= 11 is 1.57. The third-order valence-electron chi connectivity index (χ3n) is 3.52. The van der Waals surface area contributed by atoms with Crippen LogP contribution in [0.4, 0.5) is 14.5 Å². The van der Waals surface area contributed by atoms with Gasteiger partial charge in [0.2, 0.25) is 5.91 Å². The molecule has 0 atom stereocenters. The molecule has 5 nitrogen and oxygen atoms in total. The number of thioether (sulfide) groups is 1. The lowest BCUT2D eigenvalue weighted by molar-refractivity contribution is -0.116. The molecule has 1 heterocycles. The number of H-pyrrole nitrogens is 1. The summed E-state index contributed by atoms with van der Waals surface area (Å²) in [6.07, 6.45) is 1.06. The number of carbonyl (C=O) groups excluding carboxylic acids is 1. The number of aromatic amines is 1. The van der Waals surface area contributed by atoms with Gasteiger partial charge < -0.3 is 15.0 Å². The Morgan fingerprint density at radius 1 is 1.19 bits per heavy atom. The number of amides is 1. The minimum atomic E-state index is -2.86. The van der Waals surface area contributed by atoms with Crippen molar-refractivity contribution in [3.05, 3.63) is 48.5 Å². The van der Waals surface area contributed by atoms with Crippen LogP contribution in [0.5, 0.6) is 5.75 Å². The molecule has 0 spiro atoms. The van der Waals surface area contributed by atoms with Gasteiger partial charge in [0.15, 0.2) is 5.16 Å². The van der Waals surface area contributed by atoms with Crippen molar-refractivity contribution < 1.29 is 18.3 Å². The predicted molar refractivity (Wildman–Crippen MR) is 97.8 cm³/mol. The van der Waals surface area contributed by atoms with Gasteiger partial charge in [0, 0.05) is 17.9 Å². The molecule has 2 N–H and O–H groups in total. The van der Waals surface area contributed by atoms with Crippen LogP contribution in [0.25, 0.3) is 11.0 Å². The first-order valence-electron chi connectivity index (χ1n) is 8.02. The summed E-state index contributed by atoms with van der Waals surface area (Å²) in [4.78, 5) is 19.6. The fourth-order valence-corrected chi connectivity index (χ4v) is 3.17. The van der Waals surface area contributed by atoms with Gasteiger partial charge in [0.25, 0.3) is 0 Å². The van der Waals surface area contributed by atoms with Crippen molar-refractivity contribution in [2.24, 2.45) is 0 Å². The highest BCUT2D eigenvalue weighted by molar-refractivity contribution is 7.99. The van der Waals surface area contributed by atoms with E-state index >= 15 is 0 Å². The lowest BCUT2D eigenvalue weighted by Crippen LogP contribution is -2.11. The number of hydrogen-bond donors (Lipinski definition) is 2. The van der Waals surface area contributed by atoms with Crippen LogP contribution in [0, 0.1) is 0 Å². The predicted octanol–water partition coefficient (Wildman–Crippen LogP) is 4.68. The molecule has 0 saturated heterocycles.